The molecule has 0 aliphatic carbocycles. The van der Waals surface area contributed by atoms with Gasteiger partial charge in [-0.05, 0) is 61.9 Å². The standard InChI is InChI=1S/C24H21F4N3O2/c1-14-11-17(25)8-10-19(14)30-13-31(20-5-4-6-22(33-3)29-15(20)2)23(32)18-9-7-16(12-21(18)30)24(26,27)28/h4-5,7-12H,6,13H2,1-3H3. The van der Waals surface area contributed by atoms with Gasteiger partial charge >= 0.3 is 6.18 Å². The van der Waals surface area contributed by atoms with E-state index in [9.17, 15) is 22.4 Å². The molecule has 0 bridgehead atoms. The van der Waals surface area contributed by atoms with Gasteiger partial charge in [-0.15, -0.1) is 0 Å². The number of allylic oxidation sites excluding steroid dienone is 2. The number of methoxy groups -OCH3 is 1. The summed E-state index contributed by atoms with van der Waals surface area (Å²) in [6.45, 7) is 3.32. The molecule has 5 nitrogen and oxygen atoms in total. The Morgan fingerprint density at radius 2 is 1.79 bits per heavy atom. The maximum absolute atomic E-state index is 13.8. The Labute approximate surface area is 188 Å². The first-order valence-corrected chi connectivity index (χ1v) is 10.2. The molecule has 4 rings (SSSR count). The predicted octanol–water partition coefficient (Wildman–Crippen LogP) is 5.94. The van der Waals surface area contributed by atoms with Gasteiger partial charge < -0.3 is 9.64 Å². The van der Waals surface area contributed by atoms with Crippen LogP contribution in [0.15, 0.2) is 64.9 Å². The van der Waals surface area contributed by atoms with E-state index in [4.69, 9.17) is 4.74 Å². The molecule has 0 fully saturated rings. The van der Waals surface area contributed by atoms with Crippen molar-refractivity contribution in [1.29, 1.82) is 0 Å². The van der Waals surface area contributed by atoms with Crippen LogP contribution in [0.4, 0.5) is 28.9 Å². The molecule has 172 valence electrons. The van der Waals surface area contributed by atoms with Gasteiger partial charge in [0, 0.05) is 12.1 Å². The zero-order valence-corrected chi connectivity index (χ0v) is 18.2. The molecular formula is C24H21F4N3O2. The number of amides is 1. The number of fused-ring (bicyclic) bond motifs is 1. The van der Waals surface area contributed by atoms with Crippen LogP contribution in [0.25, 0.3) is 0 Å². The highest BCUT2D eigenvalue weighted by atomic mass is 19.4. The fraction of sp³-hybridized carbons (Fsp3) is 0.250. The second-order valence-electron chi connectivity index (χ2n) is 7.75. The third-order valence-electron chi connectivity index (χ3n) is 5.58. The summed E-state index contributed by atoms with van der Waals surface area (Å²) in [6, 6.07) is 7.06. The molecule has 2 aliphatic rings. The van der Waals surface area contributed by atoms with Crippen LogP contribution in [0.1, 0.15) is 34.8 Å². The average molecular weight is 459 g/mol. The maximum Gasteiger partial charge on any atom is 0.416 e. The van der Waals surface area contributed by atoms with Crippen LogP contribution in [-0.2, 0) is 10.9 Å². The minimum Gasteiger partial charge on any atom is -0.484 e. The van der Waals surface area contributed by atoms with Gasteiger partial charge in [0.15, 0.2) is 5.90 Å². The van der Waals surface area contributed by atoms with Gasteiger partial charge in [-0.2, -0.15) is 13.2 Å². The van der Waals surface area contributed by atoms with E-state index in [1.54, 1.807) is 30.9 Å². The smallest absolute Gasteiger partial charge is 0.416 e. The maximum atomic E-state index is 13.8. The summed E-state index contributed by atoms with van der Waals surface area (Å²) in [5.41, 5.74) is 1.39. The molecule has 0 saturated carbocycles. The monoisotopic (exact) mass is 459 g/mol. The number of anilines is 2. The first kappa shape index (κ1) is 22.6. The van der Waals surface area contributed by atoms with Crippen molar-refractivity contribution >= 4 is 23.2 Å². The van der Waals surface area contributed by atoms with Crippen molar-refractivity contribution in [2.75, 3.05) is 18.7 Å². The fourth-order valence-electron chi connectivity index (χ4n) is 3.95. The summed E-state index contributed by atoms with van der Waals surface area (Å²) in [6.07, 6.45) is -0.594. The molecule has 0 saturated heterocycles. The third kappa shape index (κ3) is 4.22. The predicted molar refractivity (Wildman–Crippen MR) is 117 cm³/mol. The molecule has 0 atom stereocenters. The lowest BCUT2D eigenvalue weighted by molar-refractivity contribution is -0.137. The van der Waals surface area contributed by atoms with E-state index >= 15 is 0 Å². The van der Waals surface area contributed by atoms with Crippen LogP contribution in [0, 0.1) is 12.7 Å². The number of halogens is 4. The summed E-state index contributed by atoms with van der Waals surface area (Å²) in [5, 5.41) is 0. The SMILES string of the molecule is COC1=NC(C)=C(N2CN(c3ccc(F)cc3C)c3cc(C(F)(F)F)ccc3C2=O)C=CC1. The zero-order chi connectivity index (χ0) is 23.9. The van der Waals surface area contributed by atoms with Crippen molar-refractivity contribution < 1.29 is 27.1 Å². The van der Waals surface area contributed by atoms with E-state index in [1.807, 2.05) is 0 Å². The van der Waals surface area contributed by atoms with Crippen molar-refractivity contribution in [2.24, 2.45) is 4.99 Å². The fourth-order valence-corrected chi connectivity index (χ4v) is 3.95. The average Bonchev–Trinajstić information content (AvgIpc) is 2.95. The molecule has 33 heavy (non-hydrogen) atoms. The number of aryl methyl sites for hydroxylation is 1. The molecule has 1 amide bonds. The van der Waals surface area contributed by atoms with Crippen molar-refractivity contribution in [3.63, 3.8) is 0 Å². The van der Waals surface area contributed by atoms with E-state index in [1.165, 1.54) is 36.3 Å². The van der Waals surface area contributed by atoms with E-state index < -0.39 is 23.5 Å². The summed E-state index contributed by atoms with van der Waals surface area (Å²) < 4.78 is 59.3. The Bertz CT molecular complexity index is 1210. The summed E-state index contributed by atoms with van der Waals surface area (Å²) in [5.74, 6) is -0.438. The zero-order valence-electron chi connectivity index (χ0n) is 18.2. The van der Waals surface area contributed by atoms with Gasteiger partial charge in [0.2, 0.25) is 0 Å². The second kappa shape index (κ2) is 8.38. The van der Waals surface area contributed by atoms with E-state index in [0.29, 0.717) is 35.0 Å². The lowest BCUT2D eigenvalue weighted by Crippen LogP contribution is -2.44. The Hall–Kier alpha value is -3.62. The number of hydrogen-bond acceptors (Lipinski definition) is 4. The number of rotatable bonds is 2. The largest absolute Gasteiger partial charge is 0.484 e. The normalized spacial score (nSPS) is 16.6. The van der Waals surface area contributed by atoms with Gasteiger partial charge in [-0.3, -0.25) is 9.69 Å². The molecular weight excluding hydrogens is 438 g/mol. The number of benzene rings is 2. The quantitative estimate of drug-likeness (QED) is 0.522. The van der Waals surface area contributed by atoms with Crippen LogP contribution < -0.4 is 4.90 Å². The number of nitrogens with zero attached hydrogens (tertiary/aromatic N) is 3. The van der Waals surface area contributed by atoms with Crippen molar-refractivity contribution in [2.45, 2.75) is 26.4 Å². The number of hydrogen-bond donors (Lipinski definition) is 0. The van der Waals surface area contributed by atoms with Gasteiger partial charge in [0.05, 0.1) is 35.3 Å². The molecule has 2 heterocycles. The molecule has 2 aromatic rings. The van der Waals surface area contributed by atoms with Crippen LogP contribution >= 0.6 is 0 Å². The van der Waals surface area contributed by atoms with Crippen LogP contribution in [0.5, 0.6) is 0 Å². The first-order chi connectivity index (χ1) is 15.6. The first-order valence-electron chi connectivity index (χ1n) is 10.2. The highest BCUT2D eigenvalue weighted by Gasteiger charge is 2.37. The van der Waals surface area contributed by atoms with Gasteiger partial charge in [-0.1, -0.05) is 6.08 Å². The third-order valence-corrected chi connectivity index (χ3v) is 5.58. The number of alkyl halides is 3. The highest BCUT2D eigenvalue weighted by molar-refractivity contribution is 6.04. The minimum absolute atomic E-state index is 0.0749. The number of carbonyl (C=O) groups excluding carboxylic acids is 1. The Kier molecular flexibility index (Phi) is 5.73. The Morgan fingerprint density at radius 3 is 2.45 bits per heavy atom. The van der Waals surface area contributed by atoms with Crippen molar-refractivity contribution in [3.05, 3.63) is 82.5 Å². The lowest BCUT2D eigenvalue weighted by Gasteiger charge is -2.39. The molecule has 2 aliphatic heterocycles. The van der Waals surface area contributed by atoms with Crippen LogP contribution in [-0.4, -0.2) is 30.5 Å². The summed E-state index contributed by atoms with van der Waals surface area (Å²) in [7, 11) is 1.50. The number of carbonyl (C=O) groups is 1. The van der Waals surface area contributed by atoms with Gasteiger partial charge in [0.25, 0.3) is 5.91 Å². The second-order valence-corrected chi connectivity index (χ2v) is 7.75. The molecule has 9 heteroatoms. The molecule has 0 unspecified atom stereocenters. The number of ether oxygens (including phenoxy) is 1. The van der Waals surface area contributed by atoms with E-state index in [-0.39, 0.29) is 17.9 Å². The van der Waals surface area contributed by atoms with Crippen molar-refractivity contribution in [3.8, 4) is 0 Å². The van der Waals surface area contributed by atoms with Gasteiger partial charge in [0.1, 0.15) is 12.5 Å². The Morgan fingerprint density at radius 1 is 1.03 bits per heavy atom. The van der Waals surface area contributed by atoms with E-state index in [2.05, 4.69) is 4.99 Å². The molecule has 0 spiro atoms. The molecule has 0 radical (unpaired) electrons. The van der Waals surface area contributed by atoms with E-state index in [0.717, 1.165) is 12.1 Å². The van der Waals surface area contributed by atoms with Crippen LogP contribution in [0.2, 0.25) is 0 Å². The lowest BCUT2D eigenvalue weighted by atomic mass is 10.0. The summed E-state index contributed by atoms with van der Waals surface area (Å²) in [4.78, 5) is 20.9. The van der Waals surface area contributed by atoms with Gasteiger partial charge in [-0.25, -0.2) is 9.38 Å². The minimum atomic E-state index is -4.58. The number of aliphatic imine (C=N–C) groups is 1. The van der Waals surface area contributed by atoms with Crippen LogP contribution in [0.3, 0.4) is 0 Å². The summed E-state index contributed by atoms with van der Waals surface area (Å²) >= 11 is 0. The highest BCUT2D eigenvalue weighted by Crippen LogP contribution is 2.41. The van der Waals surface area contributed by atoms with Crippen molar-refractivity contribution in [1.82, 2.24) is 4.90 Å². The topological polar surface area (TPSA) is 45.1 Å². The molecule has 2 aromatic carbocycles. The Balaban J connectivity index is 1.90. The molecule has 0 N–H and O–H groups in total. The molecule has 0 aromatic heterocycles.